The quantitative estimate of drug-likeness (QED) is 0.858. The van der Waals surface area contributed by atoms with Crippen LogP contribution < -0.4 is 4.90 Å². The van der Waals surface area contributed by atoms with Crippen LogP contribution in [-0.4, -0.2) is 17.2 Å². The maximum atomic E-state index is 5.96. The summed E-state index contributed by atoms with van der Waals surface area (Å²) in [6.45, 7) is 0.777. The van der Waals surface area contributed by atoms with E-state index in [2.05, 4.69) is 16.3 Å². The van der Waals surface area contributed by atoms with E-state index in [1.807, 2.05) is 23.4 Å². The van der Waals surface area contributed by atoms with Crippen molar-refractivity contribution in [3.63, 3.8) is 0 Å². The van der Waals surface area contributed by atoms with Crippen LogP contribution in [0.4, 0.5) is 5.69 Å². The van der Waals surface area contributed by atoms with Crippen LogP contribution >= 0.6 is 34.5 Å². The minimum atomic E-state index is 0.345. The first-order valence-corrected chi connectivity index (χ1v) is 6.22. The van der Waals surface area contributed by atoms with Crippen LogP contribution in [0, 0.1) is 0 Å². The lowest BCUT2D eigenvalue weighted by molar-refractivity contribution is 0.916. The molecule has 84 valence electrons. The molecular weight excluding hydrogens is 265 g/mol. The summed E-state index contributed by atoms with van der Waals surface area (Å²) in [5.41, 5.74) is 0.787. The number of rotatable bonds is 3. The lowest BCUT2D eigenvalue weighted by Crippen LogP contribution is -2.16. The Kier molecular flexibility index (Phi) is 3.63. The van der Waals surface area contributed by atoms with E-state index in [4.69, 9.17) is 23.2 Å². The maximum Gasteiger partial charge on any atom is 0.175 e. The molecule has 2 aromatic rings. The van der Waals surface area contributed by atoms with Gasteiger partial charge in [0.2, 0.25) is 0 Å². The van der Waals surface area contributed by atoms with Gasteiger partial charge in [-0.25, -0.2) is 0 Å². The van der Waals surface area contributed by atoms with Crippen LogP contribution in [0.25, 0.3) is 0 Å². The third-order valence-electron chi connectivity index (χ3n) is 2.08. The van der Waals surface area contributed by atoms with E-state index in [1.165, 1.54) is 4.88 Å². The molecule has 0 N–H and O–H groups in total. The van der Waals surface area contributed by atoms with Crippen LogP contribution in [0.2, 0.25) is 10.3 Å². The van der Waals surface area contributed by atoms with Gasteiger partial charge in [0.15, 0.2) is 10.3 Å². The fourth-order valence-corrected chi connectivity index (χ4v) is 2.47. The van der Waals surface area contributed by atoms with Crippen LogP contribution in [0.1, 0.15) is 4.88 Å². The lowest BCUT2D eigenvalue weighted by Gasteiger charge is -2.18. The summed E-state index contributed by atoms with van der Waals surface area (Å²) in [5, 5.41) is 10.2. The first-order chi connectivity index (χ1) is 7.66. The normalized spacial score (nSPS) is 10.4. The Labute approximate surface area is 108 Å². The monoisotopic (exact) mass is 273 g/mol. The zero-order valence-electron chi connectivity index (χ0n) is 8.52. The SMILES string of the molecule is CN(Cc1cccs1)c1cc(Cl)nnc1Cl. The van der Waals surface area contributed by atoms with E-state index in [0.717, 1.165) is 12.2 Å². The number of nitrogens with zero attached hydrogens (tertiary/aromatic N) is 3. The lowest BCUT2D eigenvalue weighted by atomic mass is 10.4. The fraction of sp³-hybridized carbons (Fsp3) is 0.200. The van der Waals surface area contributed by atoms with Crippen molar-refractivity contribution >= 4 is 40.2 Å². The molecule has 0 saturated heterocycles. The first-order valence-electron chi connectivity index (χ1n) is 4.59. The van der Waals surface area contributed by atoms with E-state index in [0.29, 0.717) is 10.3 Å². The second-order valence-corrected chi connectivity index (χ2v) is 5.06. The van der Waals surface area contributed by atoms with Crippen molar-refractivity contribution in [2.24, 2.45) is 0 Å². The van der Waals surface area contributed by atoms with Gasteiger partial charge in [-0.3, -0.25) is 0 Å². The highest BCUT2D eigenvalue weighted by Gasteiger charge is 2.09. The minimum Gasteiger partial charge on any atom is -0.367 e. The molecule has 0 atom stereocenters. The third kappa shape index (κ3) is 2.64. The van der Waals surface area contributed by atoms with Crippen molar-refractivity contribution in [1.82, 2.24) is 10.2 Å². The highest BCUT2D eigenvalue weighted by atomic mass is 35.5. The Morgan fingerprint density at radius 2 is 2.19 bits per heavy atom. The molecule has 0 radical (unpaired) electrons. The second-order valence-electron chi connectivity index (χ2n) is 3.28. The molecule has 0 aliphatic rings. The van der Waals surface area contributed by atoms with Crippen LogP contribution in [0.5, 0.6) is 0 Å². The number of halogens is 2. The van der Waals surface area contributed by atoms with Gasteiger partial charge < -0.3 is 4.90 Å². The molecule has 0 amide bonds. The van der Waals surface area contributed by atoms with E-state index >= 15 is 0 Å². The van der Waals surface area contributed by atoms with E-state index < -0.39 is 0 Å². The smallest absolute Gasteiger partial charge is 0.175 e. The molecule has 0 bridgehead atoms. The van der Waals surface area contributed by atoms with Gasteiger partial charge in [-0.15, -0.1) is 21.5 Å². The summed E-state index contributed by atoms with van der Waals surface area (Å²) in [5.74, 6) is 0. The zero-order valence-corrected chi connectivity index (χ0v) is 10.9. The number of hydrogen-bond donors (Lipinski definition) is 0. The number of thiophene rings is 1. The highest BCUT2D eigenvalue weighted by molar-refractivity contribution is 7.09. The molecule has 0 aromatic carbocycles. The Morgan fingerprint density at radius 1 is 1.38 bits per heavy atom. The van der Waals surface area contributed by atoms with Crippen molar-refractivity contribution in [3.8, 4) is 0 Å². The molecule has 0 aliphatic carbocycles. The van der Waals surface area contributed by atoms with Crippen molar-refractivity contribution in [3.05, 3.63) is 38.8 Å². The van der Waals surface area contributed by atoms with E-state index in [1.54, 1.807) is 17.4 Å². The Balaban J connectivity index is 2.20. The molecule has 3 nitrogen and oxygen atoms in total. The number of anilines is 1. The average Bonchev–Trinajstić information content (AvgIpc) is 2.74. The first kappa shape index (κ1) is 11.6. The molecule has 2 aromatic heterocycles. The van der Waals surface area contributed by atoms with Crippen molar-refractivity contribution in [2.75, 3.05) is 11.9 Å². The van der Waals surface area contributed by atoms with Crippen molar-refractivity contribution in [1.29, 1.82) is 0 Å². The zero-order chi connectivity index (χ0) is 11.5. The second kappa shape index (κ2) is 4.99. The van der Waals surface area contributed by atoms with E-state index in [9.17, 15) is 0 Å². The minimum absolute atomic E-state index is 0.345. The molecule has 0 unspecified atom stereocenters. The molecule has 6 heteroatoms. The molecule has 2 heterocycles. The molecule has 2 rings (SSSR count). The van der Waals surface area contributed by atoms with E-state index in [-0.39, 0.29) is 0 Å². The molecule has 16 heavy (non-hydrogen) atoms. The third-order valence-corrected chi connectivity index (χ3v) is 3.40. The van der Waals surface area contributed by atoms with Gasteiger partial charge in [0.1, 0.15) is 0 Å². The van der Waals surface area contributed by atoms with Gasteiger partial charge in [-0.1, -0.05) is 29.3 Å². The predicted molar refractivity (Wildman–Crippen MR) is 68.5 cm³/mol. The Morgan fingerprint density at radius 3 is 2.88 bits per heavy atom. The largest absolute Gasteiger partial charge is 0.367 e. The number of aromatic nitrogens is 2. The van der Waals surface area contributed by atoms with Gasteiger partial charge in [0, 0.05) is 18.0 Å². The number of hydrogen-bond acceptors (Lipinski definition) is 4. The Bertz CT molecular complexity index is 473. The average molecular weight is 274 g/mol. The summed E-state index contributed by atoms with van der Waals surface area (Å²) < 4.78 is 0. The summed E-state index contributed by atoms with van der Waals surface area (Å²) in [6, 6.07) is 5.81. The fourth-order valence-electron chi connectivity index (χ4n) is 1.33. The van der Waals surface area contributed by atoms with Gasteiger partial charge in [0.05, 0.1) is 12.2 Å². The van der Waals surface area contributed by atoms with Gasteiger partial charge >= 0.3 is 0 Å². The van der Waals surface area contributed by atoms with Gasteiger partial charge in [-0.2, -0.15) is 0 Å². The van der Waals surface area contributed by atoms with Crippen LogP contribution in [0.15, 0.2) is 23.6 Å². The summed E-state index contributed by atoms with van der Waals surface area (Å²) in [6.07, 6.45) is 0. The summed E-state index contributed by atoms with van der Waals surface area (Å²) in [4.78, 5) is 3.25. The molecular formula is C10H9Cl2N3S. The van der Waals surface area contributed by atoms with Crippen LogP contribution in [-0.2, 0) is 6.54 Å². The molecule has 0 spiro atoms. The van der Waals surface area contributed by atoms with Gasteiger partial charge in [0.25, 0.3) is 0 Å². The standard InChI is InChI=1S/C10H9Cl2N3S/c1-15(6-7-3-2-4-16-7)8-5-9(11)13-14-10(8)12/h2-5H,6H2,1H3. The van der Waals surface area contributed by atoms with Crippen molar-refractivity contribution < 1.29 is 0 Å². The van der Waals surface area contributed by atoms with Crippen LogP contribution in [0.3, 0.4) is 0 Å². The van der Waals surface area contributed by atoms with Crippen molar-refractivity contribution in [2.45, 2.75) is 6.54 Å². The molecule has 0 fully saturated rings. The molecule has 0 saturated carbocycles. The molecule has 0 aliphatic heterocycles. The Hall–Kier alpha value is -0.840. The summed E-state index contributed by atoms with van der Waals surface area (Å²) in [7, 11) is 1.94. The topological polar surface area (TPSA) is 29.0 Å². The van der Waals surface area contributed by atoms with Gasteiger partial charge in [-0.05, 0) is 11.4 Å². The summed E-state index contributed by atoms with van der Waals surface area (Å²) >= 11 is 13.4. The predicted octanol–water partition coefficient (Wildman–Crippen LogP) is 3.48. The maximum absolute atomic E-state index is 5.96. The highest BCUT2D eigenvalue weighted by Crippen LogP contribution is 2.26.